The van der Waals surface area contributed by atoms with E-state index in [9.17, 15) is 0 Å². The van der Waals surface area contributed by atoms with Gasteiger partial charge in [-0.1, -0.05) is 48.0 Å². The third-order valence-electron chi connectivity index (χ3n) is 1.62. The predicted molar refractivity (Wildman–Crippen MR) is 61.1 cm³/mol. The largest absolute Gasteiger partial charge is 0.381 e. The molecular formula is C12H28O. The van der Waals surface area contributed by atoms with Crippen LogP contribution in [-0.4, -0.2) is 13.2 Å². The minimum absolute atomic E-state index is 0.682. The summed E-state index contributed by atoms with van der Waals surface area (Å²) in [4.78, 5) is 0. The van der Waals surface area contributed by atoms with Gasteiger partial charge in [0.1, 0.15) is 0 Å². The van der Waals surface area contributed by atoms with Crippen molar-refractivity contribution < 1.29 is 4.74 Å². The fourth-order valence-electron chi connectivity index (χ4n) is 0.463. The molecule has 0 fully saturated rings. The molecule has 0 aliphatic carbocycles. The van der Waals surface area contributed by atoms with Gasteiger partial charge in [0, 0.05) is 13.2 Å². The Morgan fingerprint density at radius 1 is 0.923 bits per heavy atom. The molecule has 0 radical (unpaired) electrons. The van der Waals surface area contributed by atoms with Gasteiger partial charge < -0.3 is 4.74 Å². The summed E-state index contributed by atoms with van der Waals surface area (Å²) in [6.45, 7) is 14.9. The Balaban J connectivity index is 0. The summed E-state index contributed by atoms with van der Waals surface area (Å²) in [6.07, 6.45) is 2.44. The van der Waals surface area contributed by atoms with Gasteiger partial charge in [-0.05, 0) is 18.3 Å². The van der Waals surface area contributed by atoms with Crippen LogP contribution < -0.4 is 0 Å². The minimum atomic E-state index is 0.682. The molecule has 13 heavy (non-hydrogen) atoms. The minimum Gasteiger partial charge on any atom is -0.381 e. The van der Waals surface area contributed by atoms with Gasteiger partial charge in [0.2, 0.25) is 0 Å². The van der Waals surface area contributed by atoms with Gasteiger partial charge in [-0.25, -0.2) is 0 Å². The van der Waals surface area contributed by atoms with E-state index in [2.05, 4.69) is 41.5 Å². The molecule has 0 amide bonds. The molecule has 0 aliphatic rings. The number of ether oxygens (including phenoxy) is 1. The fourth-order valence-corrected chi connectivity index (χ4v) is 0.463. The first kappa shape index (κ1) is 15.4. The summed E-state index contributed by atoms with van der Waals surface area (Å²) in [5.74, 6) is 1.57. The predicted octanol–water partition coefficient (Wildman–Crippen LogP) is 4.12. The molecule has 0 spiro atoms. The average Bonchev–Trinajstić information content (AvgIpc) is 2.05. The van der Waals surface area contributed by atoms with Crippen LogP contribution in [0.2, 0.25) is 0 Å². The molecule has 0 unspecified atom stereocenters. The lowest BCUT2D eigenvalue weighted by Crippen LogP contribution is -2.01. The summed E-state index contributed by atoms with van der Waals surface area (Å²) < 4.78 is 5.24. The van der Waals surface area contributed by atoms with E-state index < -0.39 is 0 Å². The standard InChI is InChI=1S/C7H16O.C5H12/c1-4-5-8-6-7(2)3;1-4-5(2)3/h7H,4-6H2,1-3H3;5H,4H2,1-3H3. The Morgan fingerprint density at radius 3 is 1.62 bits per heavy atom. The van der Waals surface area contributed by atoms with Crippen LogP contribution in [0.15, 0.2) is 0 Å². The molecule has 0 aliphatic heterocycles. The maximum atomic E-state index is 5.24. The SMILES string of the molecule is CCC(C)C.CCCOCC(C)C. The molecule has 0 saturated heterocycles. The first-order valence-electron chi connectivity index (χ1n) is 5.62. The molecule has 0 N–H and O–H groups in total. The van der Waals surface area contributed by atoms with Crippen molar-refractivity contribution in [2.24, 2.45) is 11.8 Å². The Morgan fingerprint density at radius 2 is 1.38 bits per heavy atom. The van der Waals surface area contributed by atoms with E-state index in [1.54, 1.807) is 0 Å². The Hall–Kier alpha value is -0.0400. The van der Waals surface area contributed by atoms with Crippen LogP contribution in [-0.2, 0) is 4.74 Å². The van der Waals surface area contributed by atoms with Crippen LogP contribution >= 0.6 is 0 Å². The molecule has 0 saturated carbocycles. The molecule has 1 heteroatoms. The Bertz CT molecular complexity index is 77.2. The molecule has 0 rings (SSSR count). The van der Waals surface area contributed by atoms with Crippen molar-refractivity contribution in [1.82, 2.24) is 0 Å². The smallest absolute Gasteiger partial charge is 0.0488 e. The monoisotopic (exact) mass is 188 g/mol. The third-order valence-corrected chi connectivity index (χ3v) is 1.62. The van der Waals surface area contributed by atoms with E-state index in [1.165, 1.54) is 6.42 Å². The quantitative estimate of drug-likeness (QED) is 0.590. The summed E-state index contributed by atoms with van der Waals surface area (Å²) in [5.41, 5.74) is 0. The van der Waals surface area contributed by atoms with Crippen molar-refractivity contribution in [3.8, 4) is 0 Å². The molecule has 0 aromatic heterocycles. The second kappa shape index (κ2) is 12.0. The van der Waals surface area contributed by atoms with Crippen molar-refractivity contribution in [3.63, 3.8) is 0 Å². The van der Waals surface area contributed by atoms with Crippen molar-refractivity contribution in [2.45, 2.75) is 54.4 Å². The van der Waals surface area contributed by atoms with Crippen molar-refractivity contribution in [1.29, 1.82) is 0 Å². The zero-order valence-electron chi connectivity index (χ0n) is 10.4. The lowest BCUT2D eigenvalue weighted by molar-refractivity contribution is 0.110. The van der Waals surface area contributed by atoms with Gasteiger partial charge in [0.15, 0.2) is 0 Å². The van der Waals surface area contributed by atoms with Crippen LogP contribution in [0, 0.1) is 11.8 Å². The van der Waals surface area contributed by atoms with Gasteiger partial charge >= 0.3 is 0 Å². The molecular weight excluding hydrogens is 160 g/mol. The Kier molecular flexibility index (Phi) is 14.2. The third kappa shape index (κ3) is 24.5. The summed E-state index contributed by atoms with van der Waals surface area (Å²) >= 11 is 0. The van der Waals surface area contributed by atoms with E-state index in [0.29, 0.717) is 5.92 Å². The normalized spacial score (nSPS) is 10.2. The number of rotatable bonds is 5. The second-order valence-electron chi connectivity index (χ2n) is 4.27. The van der Waals surface area contributed by atoms with Crippen LogP contribution in [0.3, 0.4) is 0 Å². The molecule has 1 nitrogen and oxygen atoms in total. The van der Waals surface area contributed by atoms with Crippen LogP contribution in [0.25, 0.3) is 0 Å². The Labute approximate surface area is 84.9 Å². The topological polar surface area (TPSA) is 9.23 Å². The number of hydrogen-bond donors (Lipinski definition) is 0. The van der Waals surface area contributed by atoms with E-state index in [1.807, 2.05) is 0 Å². The van der Waals surface area contributed by atoms with Crippen LogP contribution in [0.4, 0.5) is 0 Å². The molecule has 0 bridgehead atoms. The van der Waals surface area contributed by atoms with Gasteiger partial charge in [-0.15, -0.1) is 0 Å². The number of hydrogen-bond acceptors (Lipinski definition) is 1. The molecule has 0 aromatic rings. The molecule has 82 valence electrons. The van der Waals surface area contributed by atoms with Crippen LogP contribution in [0.1, 0.15) is 54.4 Å². The lowest BCUT2D eigenvalue weighted by Gasteiger charge is -2.03. The van der Waals surface area contributed by atoms with Gasteiger partial charge in [0.25, 0.3) is 0 Å². The zero-order valence-corrected chi connectivity index (χ0v) is 10.4. The van der Waals surface area contributed by atoms with E-state index in [4.69, 9.17) is 4.74 Å². The summed E-state index contributed by atoms with van der Waals surface area (Å²) in [6, 6.07) is 0. The van der Waals surface area contributed by atoms with Crippen molar-refractivity contribution in [3.05, 3.63) is 0 Å². The van der Waals surface area contributed by atoms with Gasteiger partial charge in [-0.3, -0.25) is 0 Å². The first-order chi connectivity index (χ1) is 6.04. The first-order valence-corrected chi connectivity index (χ1v) is 5.62. The highest BCUT2D eigenvalue weighted by molar-refractivity contribution is 4.38. The van der Waals surface area contributed by atoms with Crippen LogP contribution in [0.5, 0.6) is 0 Å². The highest BCUT2D eigenvalue weighted by atomic mass is 16.5. The highest BCUT2D eigenvalue weighted by Crippen LogP contribution is 1.94. The molecule has 0 aromatic carbocycles. The van der Waals surface area contributed by atoms with E-state index in [-0.39, 0.29) is 0 Å². The highest BCUT2D eigenvalue weighted by Gasteiger charge is 1.90. The summed E-state index contributed by atoms with van der Waals surface area (Å²) in [7, 11) is 0. The van der Waals surface area contributed by atoms with Crippen molar-refractivity contribution >= 4 is 0 Å². The van der Waals surface area contributed by atoms with E-state index >= 15 is 0 Å². The van der Waals surface area contributed by atoms with Crippen molar-refractivity contribution in [2.75, 3.05) is 13.2 Å². The fraction of sp³-hybridized carbons (Fsp3) is 1.00. The van der Waals surface area contributed by atoms with E-state index in [0.717, 1.165) is 25.6 Å². The second-order valence-corrected chi connectivity index (χ2v) is 4.27. The van der Waals surface area contributed by atoms with Gasteiger partial charge in [0.05, 0.1) is 0 Å². The molecule has 0 heterocycles. The summed E-state index contributed by atoms with van der Waals surface area (Å²) in [5, 5.41) is 0. The maximum Gasteiger partial charge on any atom is 0.0488 e. The van der Waals surface area contributed by atoms with Gasteiger partial charge in [-0.2, -0.15) is 0 Å². The maximum absolute atomic E-state index is 5.24. The zero-order chi connectivity index (χ0) is 10.7. The molecule has 0 atom stereocenters. The average molecular weight is 188 g/mol. The lowest BCUT2D eigenvalue weighted by atomic mass is 10.2.